The van der Waals surface area contributed by atoms with Crippen LogP contribution in [0.2, 0.25) is 0 Å². The van der Waals surface area contributed by atoms with Gasteiger partial charge in [0.05, 0.1) is 12.7 Å². The molecule has 1 aliphatic heterocycles. The Labute approximate surface area is 118 Å². The van der Waals surface area contributed by atoms with E-state index in [2.05, 4.69) is 0 Å². The van der Waals surface area contributed by atoms with Gasteiger partial charge in [0.15, 0.2) is 12.4 Å². The van der Waals surface area contributed by atoms with Crippen LogP contribution in [0, 0.1) is 0 Å². The summed E-state index contributed by atoms with van der Waals surface area (Å²) < 4.78 is 16.3. The Kier molecular flexibility index (Phi) is 5.11. The number of esters is 1. The molecule has 1 saturated heterocycles. The zero-order chi connectivity index (χ0) is 14.5. The number of ether oxygens (including phenoxy) is 3. The smallest absolute Gasteiger partial charge is 0.303 e. The number of hydrogen-bond donors (Lipinski definition) is 1. The average molecular weight is 280 g/mol. The predicted molar refractivity (Wildman–Crippen MR) is 71.7 cm³/mol. The van der Waals surface area contributed by atoms with E-state index in [1.165, 1.54) is 6.92 Å². The van der Waals surface area contributed by atoms with Crippen molar-refractivity contribution in [3.05, 3.63) is 35.9 Å². The van der Waals surface area contributed by atoms with Gasteiger partial charge in [-0.1, -0.05) is 30.3 Å². The molecular formula is C15H20O5. The second-order valence-electron chi connectivity index (χ2n) is 4.94. The number of rotatable bonds is 4. The highest BCUT2D eigenvalue weighted by Gasteiger charge is 2.38. The highest BCUT2D eigenvalue weighted by atomic mass is 16.6. The maximum absolute atomic E-state index is 11.2. The molecule has 1 N–H and O–H groups in total. The van der Waals surface area contributed by atoms with Crippen LogP contribution in [-0.4, -0.2) is 35.7 Å². The van der Waals surface area contributed by atoms with Crippen LogP contribution in [0.4, 0.5) is 0 Å². The lowest BCUT2D eigenvalue weighted by molar-refractivity contribution is -0.245. The van der Waals surface area contributed by atoms with Crippen molar-refractivity contribution in [3.63, 3.8) is 0 Å². The largest absolute Gasteiger partial charge is 0.457 e. The first-order chi connectivity index (χ1) is 9.56. The minimum Gasteiger partial charge on any atom is -0.457 e. The third-order valence-corrected chi connectivity index (χ3v) is 3.24. The van der Waals surface area contributed by atoms with Gasteiger partial charge in [-0.25, -0.2) is 0 Å². The molecule has 5 heteroatoms. The summed E-state index contributed by atoms with van der Waals surface area (Å²) in [5.41, 5.74) is 1.03. The Balaban J connectivity index is 1.99. The van der Waals surface area contributed by atoms with E-state index in [9.17, 15) is 9.90 Å². The SMILES string of the molecule is CC(=O)O[C@@H]1[C@@H](C)OC(O)C[C@H]1OCc1ccccc1. The van der Waals surface area contributed by atoms with E-state index in [4.69, 9.17) is 14.2 Å². The van der Waals surface area contributed by atoms with Crippen molar-refractivity contribution in [2.45, 2.75) is 51.5 Å². The molecule has 1 heterocycles. The van der Waals surface area contributed by atoms with E-state index in [1.54, 1.807) is 6.92 Å². The van der Waals surface area contributed by atoms with Crippen LogP contribution in [0.5, 0.6) is 0 Å². The van der Waals surface area contributed by atoms with Crippen LogP contribution in [0.25, 0.3) is 0 Å². The summed E-state index contributed by atoms with van der Waals surface area (Å²) in [6.45, 7) is 3.52. The minimum absolute atomic E-state index is 0.287. The number of hydrogen-bond acceptors (Lipinski definition) is 5. The summed E-state index contributed by atoms with van der Waals surface area (Å²) in [7, 11) is 0. The summed E-state index contributed by atoms with van der Waals surface area (Å²) in [6.07, 6.45) is -1.88. The first kappa shape index (κ1) is 15.0. The Bertz CT molecular complexity index is 433. The monoisotopic (exact) mass is 280 g/mol. The summed E-state index contributed by atoms with van der Waals surface area (Å²) in [5, 5.41) is 9.66. The molecule has 0 saturated carbocycles. The first-order valence-electron chi connectivity index (χ1n) is 6.72. The van der Waals surface area contributed by atoms with Crippen molar-refractivity contribution in [3.8, 4) is 0 Å². The van der Waals surface area contributed by atoms with E-state index >= 15 is 0 Å². The fourth-order valence-corrected chi connectivity index (χ4v) is 2.32. The molecule has 0 spiro atoms. The van der Waals surface area contributed by atoms with E-state index in [0.717, 1.165) is 5.56 Å². The lowest BCUT2D eigenvalue weighted by Gasteiger charge is -2.37. The maximum Gasteiger partial charge on any atom is 0.303 e. The van der Waals surface area contributed by atoms with Gasteiger partial charge in [0.1, 0.15) is 6.10 Å². The molecular weight excluding hydrogens is 260 g/mol. The fraction of sp³-hybridized carbons (Fsp3) is 0.533. The van der Waals surface area contributed by atoms with Crippen LogP contribution < -0.4 is 0 Å². The summed E-state index contributed by atoms with van der Waals surface area (Å²) in [5.74, 6) is -0.379. The topological polar surface area (TPSA) is 65.0 Å². The van der Waals surface area contributed by atoms with Crippen LogP contribution in [-0.2, 0) is 25.6 Å². The van der Waals surface area contributed by atoms with Gasteiger partial charge >= 0.3 is 5.97 Å². The molecule has 20 heavy (non-hydrogen) atoms. The molecule has 0 aliphatic carbocycles. The summed E-state index contributed by atoms with van der Waals surface area (Å²) in [6, 6.07) is 9.72. The second kappa shape index (κ2) is 6.83. The van der Waals surface area contributed by atoms with Crippen LogP contribution >= 0.6 is 0 Å². The number of aliphatic hydroxyl groups excluding tert-OH is 1. The molecule has 0 bridgehead atoms. The molecule has 1 aliphatic rings. The predicted octanol–water partition coefficient (Wildman–Crippen LogP) is 1.63. The summed E-state index contributed by atoms with van der Waals surface area (Å²) >= 11 is 0. The highest BCUT2D eigenvalue weighted by molar-refractivity contribution is 5.66. The standard InChI is InChI=1S/C15H20O5/c1-10-15(20-11(2)16)13(8-14(17)19-10)18-9-12-6-4-3-5-7-12/h3-7,10,13-15,17H,8-9H2,1-2H3/t10-,13-,14?,15-/m1/s1. The molecule has 2 rings (SSSR count). The zero-order valence-electron chi connectivity index (χ0n) is 11.7. The molecule has 1 aromatic carbocycles. The lowest BCUT2D eigenvalue weighted by atomic mass is 10.0. The number of carbonyl (C=O) groups excluding carboxylic acids is 1. The Morgan fingerprint density at radius 1 is 1.40 bits per heavy atom. The van der Waals surface area contributed by atoms with Crippen molar-refractivity contribution in [2.24, 2.45) is 0 Å². The quantitative estimate of drug-likeness (QED) is 0.849. The first-order valence-corrected chi connectivity index (χ1v) is 6.72. The van der Waals surface area contributed by atoms with Gasteiger partial charge in [-0.15, -0.1) is 0 Å². The third kappa shape index (κ3) is 4.03. The fourth-order valence-electron chi connectivity index (χ4n) is 2.32. The normalized spacial score (nSPS) is 29.9. The molecule has 0 amide bonds. The molecule has 4 atom stereocenters. The van der Waals surface area contributed by atoms with Crippen LogP contribution in [0.3, 0.4) is 0 Å². The Hall–Kier alpha value is -1.43. The lowest BCUT2D eigenvalue weighted by Crippen LogP contribution is -2.50. The molecule has 110 valence electrons. The number of benzene rings is 1. The van der Waals surface area contributed by atoms with Crippen LogP contribution in [0.15, 0.2) is 30.3 Å². The third-order valence-electron chi connectivity index (χ3n) is 3.24. The van der Waals surface area contributed by atoms with Gasteiger partial charge in [-0.2, -0.15) is 0 Å². The van der Waals surface area contributed by atoms with Gasteiger partial charge in [-0.05, 0) is 12.5 Å². The number of aliphatic hydroxyl groups is 1. The molecule has 1 unspecified atom stereocenters. The van der Waals surface area contributed by atoms with Gasteiger partial charge in [0.25, 0.3) is 0 Å². The second-order valence-corrected chi connectivity index (χ2v) is 4.94. The van der Waals surface area contributed by atoms with E-state index < -0.39 is 18.5 Å². The highest BCUT2D eigenvalue weighted by Crippen LogP contribution is 2.25. The van der Waals surface area contributed by atoms with Crippen LogP contribution in [0.1, 0.15) is 25.8 Å². The van der Waals surface area contributed by atoms with Crippen molar-refractivity contribution < 1.29 is 24.1 Å². The minimum atomic E-state index is -0.891. The molecule has 0 aromatic heterocycles. The Morgan fingerprint density at radius 2 is 2.10 bits per heavy atom. The summed E-state index contributed by atoms with van der Waals surface area (Å²) in [4.78, 5) is 11.2. The van der Waals surface area contributed by atoms with Crippen molar-refractivity contribution in [1.29, 1.82) is 0 Å². The average Bonchev–Trinajstić information content (AvgIpc) is 2.40. The van der Waals surface area contributed by atoms with E-state index in [1.807, 2.05) is 30.3 Å². The zero-order valence-corrected chi connectivity index (χ0v) is 11.7. The molecule has 0 radical (unpaired) electrons. The number of carbonyl (C=O) groups is 1. The molecule has 1 aromatic rings. The van der Waals surface area contributed by atoms with Gasteiger partial charge in [-0.3, -0.25) is 4.79 Å². The van der Waals surface area contributed by atoms with Gasteiger partial charge in [0, 0.05) is 13.3 Å². The molecule has 1 fully saturated rings. The van der Waals surface area contributed by atoms with Crippen molar-refractivity contribution in [2.75, 3.05) is 0 Å². The van der Waals surface area contributed by atoms with Gasteiger partial charge in [0.2, 0.25) is 0 Å². The maximum atomic E-state index is 11.2. The van der Waals surface area contributed by atoms with Crippen molar-refractivity contribution in [1.82, 2.24) is 0 Å². The molecule has 5 nitrogen and oxygen atoms in total. The van der Waals surface area contributed by atoms with E-state index in [-0.39, 0.29) is 18.5 Å². The van der Waals surface area contributed by atoms with E-state index in [0.29, 0.717) is 6.61 Å². The Morgan fingerprint density at radius 3 is 2.75 bits per heavy atom. The van der Waals surface area contributed by atoms with Gasteiger partial charge < -0.3 is 19.3 Å². The van der Waals surface area contributed by atoms with Crippen molar-refractivity contribution >= 4 is 5.97 Å².